The monoisotopic (exact) mass is 292 g/mol. The number of anilines is 1. The first-order chi connectivity index (χ1) is 10.3. The Morgan fingerprint density at radius 1 is 1.05 bits per heavy atom. The largest absolute Gasteiger partial charge is 0.276 e. The van der Waals surface area contributed by atoms with Gasteiger partial charge in [0.1, 0.15) is 12.1 Å². The molecule has 0 aliphatic rings. The fourth-order valence-electron chi connectivity index (χ4n) is 1.79. The molecule has 0 aliphatic heterocycles. The summed E-state index contributed by atoms with van der Waals surface area (Å²) in [4.78, 5) is 1.19. The van der Waals surface area contributed by atoms with Crippen LogP contribution in [-0.4, -0.2) is 12.0 Å². The van der Waals surface area contributed by atoms with E-state index in [1.165, 1.54) is 4.90 Å². The molecule has 0 radical (unpaired) electrons. The van der Waals surface area contributed by atoms with Crippen molar-refractivity contribution in [1.29, 1.82) is 10.5 Å². The highest BCUT2D eigenvalue weighted by Gasteiger charge is 2.04. The Bertz CT molecular complexity index is 720. The van der Waals surface area contributed by atoms with Crippen molar-refractivity contribution in [2.45, 2.75) is 4.90 Å². The van der Waals surface area contributed by atoms with Crippen LogP contribution < -0.4 is 5.43 Å². The van der Waals surface area contributed by atoms with Crippen molar-refractivity contribution in [3.05, 3.63) is 48.5 Å². The first kappa shape index (κ1) is 14.6. The molecule has 0 aliphatic carbocycles. The molecule has 5 heteroatoms. The lowest BCUT2D eigenvalue weighted by molar-refractivity contribution is 1.33. The predicted molar refractivity (Wildman–Crippen MR) is 85.9 cm³/mol. The second-order valence-corrected chi connectivity index (χ2v) is 4.95. The molecule has 0 heterocycles. The van der Waals surface area contributed by atoms with Gasteiger partial charge in [-0.2, -0.15) is 15.6 Å². The molecule has 2 rings (SSSR count). The van der Waals surface area contributed by atoms with Crippen molar-refractivity contribution in [2.75, 3.05) is 11.7 Å². The number of hydrazone groups is 1. The number of nitriles is 2. The number of thioether (sulfide) groups is 1. The number of para-hydroxylation sites is 1. The van der Waals surface area contributed by atoms with Crippen molar-refractivity contribution in [3.63, 3.8) is 0 Å². The molecule has 2 aromatic carbocycles. The molecular formula is C16H12N4S. The van der Waals surface area contributed by atoms with E-state index in [0.717, 1.165) is 16.8 Å². The standard InChI is InChI=1S/C16H12N4S/c1-21-14-8-6-12(7-9-14)15-4-2-3-5-16(15)20-19-13(10-17)11-18/h2-9,20H,1H3. The van der Waals surface area contributed by atoms with Crippen LogP contribution in [0.4, 0.5) is 5.69 Å². The summed E-state index contributed by atoms with van der Waals surface area (Å²) < 4.78 is 0. The molecule has 0 fully saturated rings. The van der Waals surface area contributed by atoms with Crippen molar-refractivity contribution in [1.82, 2.24) is 0 Å². The van der Waals surface area contributed by atoms with Crippen LogP contribution in [0.5, 0.6) is 0 Å². The van der Waals surface area contributed by atoms with Crippen LogP contribution in [-0.2, 0) is 0 Å². The van der Waals surface area contributed by atoms with Gasteiger partial charge in [0.05, 0.1) is 5.69 Å². The van der Waals surface area contributed by atoms with Crippen molar-refractivity contribution >= 4 is 23.2 Å². The predicted octanol–water partition coefficient (Wildman–Crippen LogP) is 3.89. The summed E-state index contributed by atoms with van der Waals surface area (Å²) in [7, 11) is 0. The maximum atomic E-state index is 8.70. The number of hydrogen-bond donors (Lipinski definition) is 1. The number of nitrogens with one attached hydrogen (secondary N) is 1. The van der Waals surface area contributed by atoms with Gasteiger partial charge in [-0.25, -0.2) is 0 Å². The van der Waals surface area contributed by atoms with Gasteiger partial charge in [0, 0.05) is 10.5 Å². The van der Waals surface area contributed by atoms with E-state index in [1.807, 2.05) is 42.7 Å². The number of nitrogens with zero attached hydrogens (tertiary/aromatic N) is 3. The number of rotatable bonds is 4. The van der Waals surface area contributed by atoms with Gasteiger partial charge in [-0.05, 0) is 30.0 Å². The van der Waals surface area contributed by atoms with E-state index in [4.69, 9.17) is 10.5 Å². The van der Waals surface area contributed by atoms with E-state index < -0.39 is 0 Å². The summed E-state index contributed by atoms with van der Waals surface area (Å²) >= 11 is 1.69. The molecular weight excluding hydrogens is 280 g/mol. The van der Waals surface area contributed by atoms with Gasteiger partial charge in [0.2, 0.25) is 5.71 Å². The summed E-state index contributed by atoms with van der Waals surface area (Å²) in [5, 5.41) is 21.2. The zero-order valence-electron chi connectivity index (χ0n) is 11.4. The molecule has 21 heavy (non-hydrogen) atoms. The second-order valence-electron chi connectivity index (χ2n) is 4.07. The van der Waals surface area contributed by atoms with Crippen molar-refractivity contribution in [2.24, 2.45) is 5.10 Å². The van der Waals surface area contributed by atoms with Crippen molar-refractivity contribution in [3.8, 4) is 23.3 Å². The van der Waals surface area contributed by atoms with E-state index in [-0.39, 0.29) is 5.71 Å². The Kier molecular flexibility index (Phi) is 4.98. The van der Waals surface area contributed by atoms with Crippen LogP contribution in [0.25, 0.3) is 11.1 Å². The molecule has 0 spiro atoms. The zero-order chi connectivity index (χ0) is 15.1. The van der Waals surface area contributed by atoms with E-state index in [2.05, 4.69) is 22.7 Å². The average molecular weight is 292 g/mol. The summed E-state index contributed by atoms with van der Waals surface area (Å²) in [6, 6.07) is 19.2. The minimum absolute atomic E-state index is 0.206. The summed E-state index contributed by atoms with van der Waals surface area (Å²) in [6.45, 7) is 0. The molecule has 102 valence electrons. The molecule has 0 saturated carbocycles. The van der Waals surface area contributed by atoms with Gasteiger partial charge in [-0.3, -0.25) is 5.43 Å². The van der Waals surface area contributed by atoms with Gasteiger partial charge in [0.25, 0.3) is 0 Å². The Labute approximate surface area is 127 Å². The van der Waals surface area contributed by atoms with E-state index in [9.17, 15) is 0 Å². The Morgan fingerprint density at radius 3 is 2.33 bits per heavy atom. The highest BCUT2D eigenvalue weighted by Crippen LogP contribution is 2.29. The first-order valence-electron chi connectivity index (χ1n) is 6.16. The zero-order valence-corrected chi connectivity index (χ0v) is 12.2. The van der Waals surface area contributed by atoms with Crippen LogP contribution in [0, 0.1) is 22.7 Å². The fraction of sp³-hybridized carbons (Fsp3) is 0.0625. The van der Waals surface area contributed by atoms with Gasteiger partial charge < -0.3 is 0 Å². The minimum atomic E-state index is -0.206. The van der Waals surface area contributed by atoms with Crippen LogP contribution in [0.2, 0.25) is 0 Å². The van der Waals surface area contributed by atoms with E-state index in [0.29, 0.717) is 0 Å². The van der Waals surface area contributed by atoms with Crippen LogP contribution >= 0.6 is 11.8 Å². The molecule has 4 nitrogen and oxygen atoms in total. The maximum absolute atomic E-state index is 8.70. The lowest BCUT2D eigenvalue weighted by Crippen LogP contribution is -1.97. The van der Waals surface area contributed by atoms with E-state index in [1.54, 1.807) is 23.9 Å². The lowest BCUT2D eigenvalue weighted by Gasteiger charge is -2.09. The Hall–Kier alpha value is -2.76. The van der Waals surface area contributed by atoms with E-state index >= 15 is 0 Å². The van der Waals surface area contributed by atoms with Crippen molar-refractivity contribution < 1.29 is 0 Å². The molecule has 0 saturated heterocycles. The topological polar surface area (TPSA) is 72.0 Å². The molecule has 1 N–H and O–H groups in total. The lowest BCUT2D eigenvalue weighted by atomic mass is 10.0. The van der Waals surface area contributed by atoms with Gasteiger partial charge in [-0.1, -0.05) is 30.3 Å². The molecule has 0 aromatic heterocycles. The summed E-state index contributed by atoms with van der Waals surface area (Å²) in [5.74, 6) is 0. The average Bonchev–Trinajstić information content (AvgIpc) is 2.56. The molecule has 0 bridgehead atoms. The quantitative estimate of drug-likeness (QED) is 0.527. The van der Waals surface area contributed by atoms with Gasteiger partial charge in [-0.15, -0.1) is 11.8 Å². The third-order valence-corrected chi connectivity index (χ3v) is 3.57. The SMILES string of the molecule is CSc1ccc(-c2ccccc2NN=C(C#N)C#N)cc1. The smallest absolute Gasteiger partial charge is 0.237 e. The molecule has 0 atom stereocenters. The third-order valence-electron chi connectivity index (χ3n) is 2.83. The second kappa shape index (κ2) is 7.14. The normalized spacial score (nSPS) is 9.29. The van der Waals surface area contributed by atoms with Gasteiger partial charge >= 0.3 is 0 Å². The first-order valence-corrected chi connectivity index (χ1v) is 7.38. The Balaban J connectivity index is 2.35. The van der Waals surface area contributed by atoms with Crippen LogP contribution in [0.3, 0.4) is 0 Å². The molecule has 2 aromatic rings. The summed E-state index contributed by atoms with van der Waals surface area (Å²) in [5.41, 5.74) is 5.33. The highest BCUT2D eigenvalue weighted by molar-refractivity contribution is 7.98. The van der Waals surface area contributed by atoms with Crippen LogP contribution in [0.15, 0.2) is 58.5 Å². The third kappa shape index (κ3) is 3.62. The van der Waals surface area contributed by atoms with Crippen LogP contribution in [0.1, 0.15) is 0 Å². The minimum Gasteiger partial charge on any atom is -0.276 e. The fourth-order valence-corrected chi connectivity index (χ4v) is 2.20. The molecule has 0 amide bonds. The highest BCUT2D eigenvalue weighted by atomic mass is 32.2. The molecule has 0 unspecified atom stereocenters. The van der Waals surface area contributed by atoms with Gasteiger partial charge in [0.15, 0.2) is 0 Å². The number of benzene rings is 2. The summed E-state index contributed by atoms with van der Waals surface area (Å²) in [6.07, 6.45) is 2.03. The number of hydrogen-bond acceptors (Lipinski definition) is 5. The Morgan fingerprint density at radius 2 is 1.71 bits per heavy atom. The maximum Gasteiger partial charge on any atom is 0.237 e.